The van der Waals surface area contributed by atoms with E-state index in [1.54, 1.807) is 0 Å². The second-order valence-corrected chi connectivity index (χ2v) is 5.76. The van der Waals surface area contributed by atoms with Crippen molar-refractivity contribution in [3.05, 3.63) is 0 Å². The lowest BCUT2D eigenvalue weighted by atomic mass is 9.82. The molecule has 14 heavy (non-hydrogen) atoms. The molecular formula is C13H25N. The van der Waals surface area contributed by atoms with Crippen LogP contribution in [-0.4, -0.2) is 12.6 Å². The molecule has 2 aliphatic rings. The Kier molecular flexibility index (Phi) is 3.48. The van der Waals surface area contributed by atoms with E-state index >= 15 is 0 Å². The largest absolute Gasteiger partial charge is 0.314 e. The molecule has 2 rings (SSSR count). The molecule has 0 heterocycles. The van der Waals surface area contributed by atoms with Gasteiger partial charge in [-0.15, -0.1) is 0 Å². The Balaban J connectivity index is 1.70. The van der Waals surface area contributed by atoms with Crippen LogP contribution in [0.2, 0.25) is 0 Å². The van der Waals surface area contributed by atoms with Gasteiger partial charge in [-0.3, -0.25) is 0 Å². The Morgan fingerprint density at radius 2 is 1.86 bits per heavy atom. The van der Waals surface area contributed by atoms with Gasteiger partial charge in [-0.25, -0.2) is 0 Å². The van der Waals surface area contributed by atoms with Crippen LogP contribution in [0.4, 0.5) is 0 Å². The molecule has 2 atom stereocenters. The van der Waals surface area contributed by atoms with Crippen molar-refractivity contribution in [3.8, 4) is 0 Å². The third kappa shape index (κ3) is 2.98. The highest BCUT2D eigenvalue weighted by Gasteiger charge is 2.34. The fraction of sp³-hybridized carbons (Fsp3) is 1.00. The van der Waals surface area contributed by atoms with Crippen LogP contribution in [0.3, 0.4) is 0 Å². The summed E-state index contributed by atoms with van der Waals surface area (Å²) in [6, 6.07) is 0.844. The summed E-state index contributed by atoms with van der Waals surface area (Å²) in [7, 11) is 0. The smallest absolute Gasteiger partial charge is 0.00699 e. The van der Waals surface area contributed by atoms with Crippen LogP contribution in [0, 0.1) is 17.8 Å². The van der Waals surface area contributed by atoms with Crippen LogP contribution in [0.25, 0.3) is 0 Å². The normalized spacial score (nSPS) is 33.6. The van der Waals surface area contributed by atoms with Crippen LogP contribution in [0.15, 0.2) is 0 Å². The van der Waals surface area contributed by atoms with Gasteiger partial charge in [0, 0.05) is 6.04 Å². The van der Waals surface area contributed by atoms with E-state index in [9.17, 15) is 0 Å². The molecule has 0 radical (unpaired) electrons. The van der Waals surface area contributed by atoms with Gasteiger partial charge in [0.25, 0.3) is 0 Å². The van der Waals surface area contributed by atoms with Crippen LogP contribution in [-0.2, 0) is 0 Å². The SMILES string of the molecule is CC(C)CNC1CCCC(C2CC2)C1. The molecule has 1 heteroatoms. The van der Waals surface area contributed by atoms with E-state index < -0.39 is 0 Å². The molecule has 0 aliphatic heterocycles. The van der Waals surface area contributed by atoms with Crippen molar-refractivity contribution in [1.29, 1.82) is 0 Å². The number of hydrogen-bond acceptors (Lipinski definition) is 1. The van der Waals surface area contributed by atoms with E-state index in [1.165, 1.54) is 45.1 Å². The summed E-state index contributed by atoms with van der Waals surface area (Å²) in [6.07, 6.45) is 8.94. The van der Waals surface area contributed by atoms with Crippen LogP contribution in [0.5, 0.6) is 0 Å². The van der Waals surface area contributed by atoms with E-state index in [4.69, 9.17) is 0 Å². The molecule has 2 saturated carbocycles. The van der Waals surface area contributed by atoms with Gasteiger partial charge in [-0.05, 0) is 50.0 Å². The second-order valence-electron chi connectivity index (χ2n) is 5.76. The highest BCUT2D eigenvalue weighted by atomic mass is 14.9. The van der Waals surface area contributed by atoms with Gasteiger partial charge < -0.3 is 5.32 Å². The summed E-state index contributed by atoms with van der Waals surface area (Å²) >= 11 is 0. The third-order valence-corrected chi connectivity index (χ3v) is 3.82. The van der Waals surface area contributed by atoms with Crippen LogP contribution >= 0.6 is 0 Å². The zero-order valence-electron chi connectivity index (χ0n) is 9.76. The van der Waals surface area contributed by atoms with Crippen molar-refractivity contribution in [1.82, 2.24) is 5.32 Å². The summed E-state index contributed by atoms with van der Waals surface area (Å²) in [4.78, 5) is 0. The minimum absolute atomic E-state index is 0.802. The summed E-state index contributed by atoms with van der Waals surface area (Å²) in [5.41, 5.74) is 0. The van der Waals surface area contributed by atoms with Crippen molar-refractivity contribution in [3.63, 3.8) is 0 Å². The summed E-state index contributed by atoms with van der Waals surface area (Å²) in [6.45, 7) is 5.81. The van der Waals surface area contributed by atoms with Gasteiger partial charge in [-0.2, -0.15) is 0 Å². The van der Waals surface area contributed by atoms with E-state index in [1.807, 2.05) is 0 Å². The minimum atomic E-state index is 0.802. The summed E-state index contributed by atoms with van der Waals surface area (Å²) in [5, 5.41) is 3.73. The molecule has 82 valence electrons. The van der Waals surface area contributed by atoms with Crippen molar-refractivity contribution in [2.45, 2.75) is 58.4 Å². The summed E-state index contributed by atoms with van der Waals surface area (Å²) in [5.74, 6) is 3.00. The zero-order valence-corrected chi connectivity index (χ0v) is 9.76. The first kappa shape index (κ1) is 10.5. The number of hydrogen-bond donors (Lipinski definition) is 1. The van der Waals surface area contributed by atoms with Gasteiger partial charge in [-0.1, -0.05) is 26.7 Å². The van der Waals surface area contributed by atoms with Crippen LogP contribution in [0.1, 0.15) is 52.4 Å². The fourth-order valence-corrected chi connectivity index (χ4v) is 2.81. The fourth-order valence-electron chi connectivity index (χ4n) is 2.81. The molecule has 2 fully saturated rings. The minimum Gasteiger partial charge on any atom is -0.314 e. The molecule has 2 unspecified atom stereocenters. The average Bonchev–Trinajstić information content (AvgIpc) is 2.98. The maximum absolute atomic E-state index is 3.73. The molecule has 0 bridgehead atoms. The quantitative estimate of drug-likeness (QED) is 0.726. The molecule has 0 spiro atoms. The lowest BCUT2D eigenvalue weighted by molar-refractivity contribution is 0.256. The Morgan fingerprint density at radius 1 is 1.07 bits per heavy atom. The average molecular weight is 195 g/mol. The summed E-state index contributed by atoms with van der Waals surface area (Å²) < 4.78 is 0. The molecule has 2 aliphatic carbocycles. The standard InChI is InChI=1S/C13H25N/c1-10(2)9-14-13-5-3-4-12(8-13)11-6-7-11/h10-14H,3-9H2,1-2H3. The van der Waals surface area contributed by atoms with E-state index in [0.717, 1.165) is 23.8 Å². The maximum Gasteiger partial charge on any atom is 0.00699 e. The number of rotatable bonds is 4. The third-order valence-electron chi connectivity index (χ3n) is 3.82. The molecule has 0 aromatic rings. The molecule has 1 nitrogen and oxygen atoms in total. The lowest BCUT2D eigenvalue weighted by Crippen LogP contribution is -2.36. The van der Waals surface area contributed by atoms with E-state index in [0.29, 0.717) is 0 Å². The van der Waals surface area contributed by atoms with E-state index in [2.05, 4.69) is 19.2 Å². The van der Waals surface area contributed by atoms with Crippen molar-refractivity contribution in [2.24, 2.45) is 17.8 Å². The Bertz CT molecular complexity index is 172. The van der Waals surface area contributed by atoms with Crippen LogP contribution < -0.4 is 5.32 Å². The second kappa shape index (κ2) is 4.65. The van der Waals surface area contributed by atoms with E-state index in [-0.39, 0.29) is 0 Å². The van der Waals surface area contributed by atoms with Gasteiger partial charge in [0.15, 0.2) is 0 Å². The first-order valence-corrected chi connectivity index (χ1v) is 6.49. The van der Waals surface area contributed by atoms with Gasteiger partial charge >= 0.3 is 0 Å². The Hall–Kier alpha value is -0.0400. The molecule has 0 saturated heterocycles. The van der Waals surface area contributed by atoms with Gasteiger partial charge in [0.1, 0.15) is 0 Å². The van der Waals surface area contributed by atoms with Gasteiger partial charge in [0.2, 0.25) is 0 Å². The highest BCUT2D eigenvalue weighted by Crippen LogP contribution is 2.43. The maximum atomic E-state index is 3.73. The predicted octanol–water partition coefficient (Wildman–Crippen LogP) is 3.20. The first-order valence-electron chi connectivity index (χ1n) is 6.49. The lowest BCUT2D eigenvalue weighted by Gasteiger charge is -2.30. The predicted molar refractivity (Wildman–Crippen MR) is 61.3 cm³/mol. The van der Waals surface area contributed by atoms with Crippen molar-refractivity contribution >= 4 is 0 Å². The molecular weight excluding hydrogens is 170 g/mol. The molecule has 0 aromatic carbocycles. The van der Waals surface area contributed by atoms with Gasteiger partial charge in [0.05, 0.1) is 0 Å². The monoisotopic (exact) mass is 195 g/mol. The topological polar surface area (TPSA) is 12.0 Å². The van der Waals surface area contributed by atoms with Crippen molar-refractivity contribution in [2.75, 3.05) is 6.54 Å². The molecule has 1 N–H and O–H groups in total. The number of nitrogens with one attached hydrogen (secondary N) is 1. The Labute approximate surface area is 88.7 Å². The molecule has 0 amide bonds. The highest BCUT2D eigenvalue weighted by molar-refractivity contribution is 4.87. The first-order chi connectivity index (χ1) is 6.75. The Morgan fingerprint density at radius 3 is 2.50 bits per heavy atom. The van der Waals surface area contributed by atoms with Crippen molar-refractivity contribution < 1.29 is 0 Å². The molecule has 0 aromatic heterocycles. The zero-order chi connectivity index (χ0) is 9.97.